The van der Waals surface area contributed by atoms with Crippen molar-refractivity contribution in [3.8, 4) is 0 Å². The van der Waals surface area contributed by atoms with Gasteiger partial charge in [-0.2, -0.15) is 0 Å². The van der Waals surface area contributed by atoms with Crippen LogP contribution in [0.3, 0.4) is 0 Å². The molecule has 42 valence electrons. The molecule has 1 saturated heterocycles. The molecular formula is C3H5ClO3. The Hall–Kier alpha value is 0.170. The Balaban J connectivity index is 2.26. The van der Waals surface area contributed by atoms with Gasteiger partial charge < -0.3 is 14.6 Å². The molecule has 7 heavy (non-hydrogen) atoms. The van der Waals surface area contributed by atoms with Crippen LogP contribution in [0.25, 0.3) is 0 Å². The number of halogens is 1. The van der Waals surface area contributed by atoms with Crippen molar-refractivity contribution in [1.29, 1.82) is 0 Å². The molecule has 0 spiro atoms. The Morgan fingerprint density at radius 3 is 2.57 bits per heavy atom. The molecule has 1 rings (SSSR count). The van der Waals surface area contributed by atoms with E-state index >= 15 is 0 Å². The summed E-state index contributed by atoms with van der Waals surface area (Å²) in [7, 11) is 0. The molecule has 0 bridgehead atoms. The van der Waals surface area contributed by atoms with Crippen molar-refractivity contribution in [1.82, 2.24) is 0 Å². The molecule has 0 aromatic heterocycles. The monoisotopic (exact) mass is 124 g/mol. The maximum atomic E-state index is 8.37. The molecule has 1 aliphatic rings. The van der Waals surface area contributed by atoms with E-state index in [1.807, 2.05) is 0 Å². The van der Waals surface area contributed by atoms with E-state index in [1.54, 1.807) is 0 Å². The standard InChI is InChI=1S/C3H5ClO3/c4-2-1-6-3(5)7-2/h2-3,5H,1H2. The summed E-state index contributed by atoms with van der Waals surface area (Å²) in [5, 5.41) is 8.37. The molecule has 0 radical (unpaired) electrons. The summed E-state index contributed by atoms with van der Waals surface area (Å²) in [6, 6.07) is 0. The van der Waals surface area contributed by atoms with Gasteiger partial charge in [0.15, 0.2) is 5.56 Å². The molecule has 1 aliphatic heterocycles. The highest BCUT2D eigenvalue weighted by Gasteiger charge is 2.20. The quantitative estimate of drug-likeness (QED) is 0.458. The van der Waals surface area contributed by atoms with Crippen LogP contribution in [-0.4, -0.2) is 23.8 Å². The minimum Gasteiger partial charge on any atom is -0.346 e. The minimum absolute atomic E-state index is 0.267. The predicted octanol–water partition coefficient (Wildman–Crippen LogP) is -0.126. The van der Waals surface area contributed by atoms with Crippen LogP contribution in [0.2, 0.25) is 0 Å². The van der Waals surface area contributed by atoms with E-state index in [9.17, 15) is 0 Å². The number of alkyl halides is 1. The lowest BCUT2D eigenvalue weighted by Gasteiger charge is -1.95. The summed E-state index contributed by atoms with van der Waals surface area (Å²) in [6.07, 6.45) is 0. The SMILES string of the molecule is OC1OCC(Cl)O1. The average molecular weight is 125 g/mol. The van der Waals surface area contributed by atoms with E-state index in [0.717, 1.165) is 0 Å². The van der Waals surface area contributed by atoms with Crippen LogP contribution in [0.1, 0.15) is 0 Å². The zero-order chi connectivity index (χ0) is 5.28. The molecule has 1 heterocycles. The van der Waals surface area contributed by atoms with Crippen molar-refractivity contribution < 1.29 is 14.6 Å². The van der Waals surface area contributed by atoms with Crippen molar-refractivity contribution >= 4 is 11.6 Å². The van der Waals surface area contributed by atoms with Crippen LogP contribution >= 0.6 is 11.6 Å². The van der Waals surface area contributed by atoms with Crippen LogP contribution in [0.5, 0.6) is 0 Å². The van der Waals surface area contributed by atoms with Gasteiger partial charge in [0.05, 0.1) is 6.61 Å². The molecule has 0 aromatic carbocycles. The number of aliphatic hydroxyl groups is 1. The van der Waals surface area contributed by atoms with E-state index in [0.29, 0.717) is 0 Å². The molecule has 0 amide bonds. The maximum Gasteiger partial charge on any atom is 0.270 e. The second-order valence-corrected chi connectivity index (χ2v) is 1.67. The normalized spacial score (nSPS) is 42.0. The minimum atomic E-state index is -1.11. The third kappa shape index (κ3) is 1.28. The fraction of sp³-hybridized carbons (Fsp3) is 1.00. The van der Waals surface area contributed by atoms with Crippen LogP contribution in [0, 0.1) is 0 Å². The zero-order valence-corrected chi connectivity index (χ0v) is 4.26. The first-order valence-electron chi connectivity index (χ1n) is 1.88. The highest BCUT2D eigenvalue weighted by atomic mass is 35.5. The van der Waals surface area contributed by atoms with Gasteiger partial charge in [0.2, 0.25) is 0 Å². The third-order valence-corrected chi connectivity index (χ3v) is 0.863. The number of rotatable bonds is 0. The Morgan fingerprint density at radius 1 is 1.71 bits per heavy atom. The van der Waals surface area contributed by atoms with E-state index in [4.69, 9.17) is 16.7 Å². The third-order valence-electron chi connectivity index (χ3n) is 0.634. The smallest absolute Gasteiger partial charge is 0.270 e. The lowest BCUT2D eigenvalue weighted by Crippen LogP contribution is -2.05. The van der Waals surface area contributed by atoms with Gasteiger partial charge in [-0.05, 0) is 0 Å². The average Bonchev–Trinajstić information content (AvgIpc) is 1.87. The number of hydrogen-bond acceptors (Lipinski definition) is 3. The molecule has 4 heteroatoms. The second-order valence-electron chi connectivity index (χ2n) is 1.19. The Kier molecular flexibility index (Phi) is 1.49. The van der Waals surface area contributed by atoms with Gasteiger partial charge in [-0.3, -0.25) is 0 Å². The van der Waals surface area contributed by atoms with E-state index < -0.39 is 12.0 Å². The summed E-state index contributed by atoms with van der Waals surface area (Å²) in [5.74, 6) is 0. The van der Waals surface area contributed by atoms with Crippen molar-refractivity contribution in [2.45, 2.75) is 12.0 Å². The van der Waals surface area contributed by atoms with E-state index in [-0.39, 0.29) is 6.61 Å². The van der Waals surface area contributed by atoms with Crippen molar-refractivity contribution in [3.63, 3.8) is 0 Å². The topological polar surface area (TPSA) is 38.7 Å². The fourth-order valence-corrected chi connectivity index (χ4v) is 0.524. The summed E-state index contributed by atoms with van der Waals surface area (Å²) in [6.45, 7) is -0.842. The van der Waals surface area contributed by atoms with E-state index in [2.05, 4.69) is 9.47 Å². The fourth-order valence-electron chi connectivity index (χ4n) is 0.363. The molecular weight excluding hydrogens is 119 g/mol. The Labute approximate surface area is 45.8 Å². The van der Waals surface area contributed by atoms with Gasteiger partial charge in [0, 0.05) is 0 Å². The van der Waals surface area contributed by atoms with Crippen molar-refractivity contribution in [2.75, 3.05) is 6.61 Å². The molecule has 0 aliphatic carbocycles. The lowest BCUT2D eigenvalue weighted by molar-refractivity contribution is -0.198. The molecule has 3 nitrogen and oxygen atoms in total. The van der Waals surface area contributed by atoms with Gasteiger partial charge >= 0.3 is 0 Å². The van der Waals surface area contributed by atoms with Crippen LogP contribution in [-0.2, 0) is 9.47 Å². The number of ether oxygens (including phenoxy) is 2. The van der Waals surface area contributed by atoms with Crippen LogP contribution in [0.4, 0.5) is 0 Å². The predicted molar refractivity (Wildman–Crippen MR) is 22.7 cm³/mol. The first-order valence-corrected chi connectivity index (χ1v) is 2.32. The number of hydrogen-bond donors (Lipinski definition) is 1. The summed E-state index contributed by atoms with van der Waals surface area (Å²) in [5.41, 5.74) is -0.477. The summed E-state index contributed by atoms with van der Waals surface area (Å²) >= 11 is 5.30. The van der Waals surface area contributed by atoms with Crippen LogP contribution < -0.4 is 0 Å². The largest absolute Gasteiger partial charge is 0.346 e. The molecule has 0 saturated carbocycles. The first-order chi connectivity index (χ1) is 3.29. The van der Waals surface area contributed by atoms with Crippen LogP contribution in [0.15, 0.2) is 0 Å². The van der Waals surface area contributed by atoms with Crippen molar-refractivity contribution in [3.05, 3.63) is 0 Å². The number of aliphatic hydroxyl groups excluding tert-OH is 1. The Morgan fingerprint density at radius 2 is 2.43 bits per heavy atom. The molecule has 1 fully saturated rings. The first kappa shape index (κ1) is 5.31. The maximum absolute atomic E-state index is 8.37. The molecule has 0 aromatic rings. The lowest BCUT2D eigenvalue weighted by atomic mass is 10.8. The highest BCUT2D eigenvalue weighted by molar-refractivity contribution is 6.19. The molecule has 2 atom stereocenters. The molecule has 2 unspecified atom stereocenters. The highest BCUT2D eigenvalue weighted by Crippen LogP contribution is 2.10. The van der Waals surface area contributed by atoms with Crippen molar-refractivity contribution in [2.24, 2.45) is 0 Å². The molecule has 1 N–H and O–H groups in total. The van der Waals surface area contributed by atoms with Gasteiger partial charge in [-0.1, -0.05) is 11.6 Å². The summed E-state index contributed by atoms with van der Waals surface area (Å²) < 4.78 is 8.93. The second kappa shape index (κ2) is 1.96. The zero-order valence-electron chi connectivity index (χ0n) is 3.50. The summed E-state index contributed by atoms with van der Waals surface area (Å²) in [4.78, 5) is 0. The van der Waals surface area contributed by atoms with Gasteiger partial charge in [-0.15, -0.1) is 0 Å². The van der Waals surface area contributed by atoms with E-state index in [1.165, 1.54) is 0 Å². The van der Waals surface area contributed by atoms with Gasteiger partial charge in [0.1, 0.15) is 0 Å². The Bertz CT molecular complexity index is 59.2. The van der Waals surface area contributed by atoms with Gasteiger partial charge in [0.25, 0.3) is 6.48 Å². The van der Waals surface area contributed by atoms with Gasteiger partial charge in [-0.25, -0.2) is 0 Å².